The Balaban J connectivity index is 3.09. The third-order valence-electron chi connectivity index (χ3n) is 6.49. The van der Waals surface area contributed by atoms with E-state index in [1.165, 1.54) is 135 Å². The van der Waals surface area contributed by atoms with Crippen LogP contribution in [0.1, 0.15) is 156 Å². The average molecular weight is 396 g/mol. The van der Waals surface area contributed by atoms with Crippen LogP contribution in [0.2, 0.25) is 0 Å². The van der Waals surface area contributed by atoms with E-state index in [2.05, 4.69) is 39.6 Å². The van der Waals surface area contributed by atoms with Gasteiger partial charge in [-0.3, -0.25) is 0 Å². The molecule has 0 heterocycles. The highest BCUT2D eigenvalue weighted by Gasteiger charge is 2.15. The predicted molar refractivity (Wildman–Crippen MR) is 130 cm³/mol. The lowest BCUT2D eigenvalue weighted by molar-refractivity contribution is 0.172. The van der Waals surface area contributed by atoms with Crippen LogP contribution < -0.4 is 0 Å². The molecule has 0 saturated carbocycles. The standard InChI is InChI=1S/C27H57N/c1-6-7-8-9-10-11-12-13-14-15-16-17-18-19-20-21-22-23-24-25-26-28(5)27(2,3)4/h6-26H2,1-5H3. The smallest absolute Gasteiger partial charge is 0.0122 e. The third-order valence-corrected chi connectivity index (χ3v) is 6.49. The molecule has 0 atom stereocenters. The van der Waals surface area contributed by atoms with Crippen LogP contribution in [-0.4, -0.2) is 24.0 Å². The monoisotopic (exact) mass is 395 g/mol. The molecule has 0 aliphatic heterocycles. The Morgan fingerprint density at radius 3 is 0.929 bits per heavy atom. The zero-order valence-electron chi connectivity index (χ0n) is 20.8. The lowest BCUT2D eigenvalue weighted by Crippen LogP contribution is -2.38. The fraction of sp³-hybridized carbons (Fsp3) is 1.00. The van der Waals surface area contributed by atoms with Crippen molar-refractivity contribution in [2.45, 2.75) is 162 Å². The molecule has 170 valence electrons. The molecule has 0 radical (unpaired) electrons. The minimum Gasteiger partial charge on any atom is -0.302 e. The molecule has 0 saturated heterocycles. The summed E-state index contributed by atoms with van der Waals surface area (Å²) in [6, 6.07) is 0. The van der Waals surface area contributed by atoms with Gasteiger partial charge in [0.1, 0.15) is 0 Å². The Hall–Kier alpha value is -0.0400. The van der Waals surface area contributed by atoms with Crippen molar-refractivity contribution in [3.8, 4) is 0 Å². The molecule has 0 N–H and O–H groups in total. The number of rotatable bonds is 21. The maximum Gasteiger partial charge on any atom is 0.0122 e. The number of hydrogen-bond acceptors (Lipinski definition) is 1. The molecule has 0 bridgehead atoms. The minimum absolute atomic E-state index is 0.327. The fourth-order valence-corrected chi connectivity index (χ4v) is 3.94. The second-order valence-corrected chi connectivity index (χ2v) is 10.3. The Labute approximate surface area is 180 Å². The molecule has 0 aliphatic rings. The van der Waals surface area contributed by atoms with Crippen molar-refractivity contribution in [2.75, 3.05) is 13.6 Å². The van der Waals surface area contributed by atoms with Gasteiger partial charge in [-0.15, -0.1) is 0 Å². The van der Waals surface area contributed by atoms with E-state index in [1.54, 1.807) is 0 Å². The molecule has 0 spiro atoms. The number of nitrogens with zero attached hydrogens (tertiary/aromatic N) is 1. The van der Waals surface area contributed by atoms with Crippen LogP contribution >= 0.6 is 0 Å². The highest BCUT2D eigenvalue weighted by Crippen LogP contribution is 2.15. The largest absolute Gasteiger partial charge is 0.302 e. The van der Waals surface area contributed by atoms with Gasteiger partial charge in [0.25, 0.3) is 0 Å². The van der Waals surface area contributed by atoms with Gasteiger partial charge < -0.3 is 4.90 Å². The summed E-state index contributed by atoms with van der Waals surface area (Å²) in [5, 5.41) is 0. The molecule has 0 aromatic heterocycles. The van der Waals surface area contributed by atoms with Crippen LogP contribution in [0, 0.1) is 0 Å². The van der Waals surface area contributed by atoms with Crippen LogP contribution in [0.15, 0.2) is 0 Å². The maximum atomic E-state index is 2.49. The van der Waals surface area contributed by atoms with Crippen LogP contribution in [0.25, 0.3) is 0 Å². The fourth-order valence-electron chi connectivity index (χ4n) is 3.94. The molecule has 28 heavy (non-hydrogen) atoms. The van der Waals surface area contributed by atoms with Crippen LogP contribution in [0.4, 0.5) is 0 Å². The normalized spacial score (nSPS) is 12.2. The topological polar surface area (TPSA) is 3.24 Å². The first-order chi connectivity index (χ1) is 13.5. The minimum atomic E-state index is 0.327. The Morgan fingerprint density at radius 1 is 0.429 bits per heavy atom. The van der Waals surface area contributed by atoms with Gasteiger partial charge in [0.2, 0.25) is 0 Å². The summed E-state index contributed by atoms with van der Waals surface area (Å²) >= 11 is 0. The van der Waals surface area contributed by atoms with E-state index >= 15 is 0 Å². The van der Waals surface area contributed by atoms with E-state index in [0.717, 1.165) is 0 Å². The van der Waals surface area contributed by atoms with Crippen molar-refractivity contribution >= 4 is 0 Å². The van der Waals surface area contributed by atoms with E-state index in [4.69, 9.17) is 0 Å². The lowest BCUT2D eigenvalue weighted by atomic mass is 10.0. The summed E-state index contributed by atoms with van der Waals surface area (Å²) in [6.07, 6.45) is 29.2. The first-order valence-corrected chi connectivity index (χ1v) is 13.2. The van der Waals surface area contributed by atoms with Gasteiger partial charge >= 0.3 is 0 Å². The van der Waals surface area contributed by atoms with E-state index in [0.29, 0.717) is 5.54 Å². The third kappa shape index (κ3) is 20.7. The van der Waals surface area contributed by atoms with Gasteiger partial charge in [0, 0.05) is 5.54 Å². The molecule has 0 aliphatic carbocycles. The van der Waals surface area contributed by atoms with E-state index in [-0.39, 0.29) is 0 Å². The van der Waals surface area contributed by atoms with Crippen molar-refractivity contribution in [3.05, 3.63) is 0 Å². The van der Waals surface area contributed by atoms with E-state index in [1.807, 2.05) is 0 Å². The van der Waals surface area contributed by atoms with E-state index < -0.39 is 0 Å². The molecule has 0 aromatic rings. The van der Waals surface area contributed by atoms with Crippen LogP contribution in [0.5, 0.6) is 0 Å². The van der Waals surface area contributed by atoms with Gasteiger partial charge in [-0.2, -0.15) is 0 Å². The summed E-state index contributed by atoms with van der Waals surface area (Å²) in [5.41, 5.74) is 0.327. The molecule has 0 unspecified atom stereocenters. The maximum absolute atomic E-state index is 2.49. The first-order valence-electron chi connectivity index (χ1n) is 13.2. The molecule has 1 nitrogen and oxygen atoms in total. The Kier molecular flexibility index (Phi) is 20.2. The summed E-state index contributed by atoms with van der Waals surface area (Å²) in [6.45, 7) is 10.5. The average Bonchev–Trinajstić information content (AvgIpc) is 2.65. The van der Waals surface area contributed by atoms with Gasteiger partial charge in [-0.1, -0.05) is 129 Å². The molecule has 0 fully saturated rings. The molecular formula is C27H57N. The molecule has 0 amide bonds. The van der Waals surface area contributed by atoms with Crippen molar-refractivity contribution in [1.29, 1.82) is 0 Å². The zero-order chi connectivity index (χ0) is 20.9. The zero-order valence-corrected chi connectivity index (χ0v) is 20.8. The first kappa shape index (κ1) is 28.0. The summed E-state index contributed by atoms with van der Waals surface area (Å²) in [4.78, 5) is 2.49. The lowest BCUT2D eigenvalue weighted by Gasteiger charge is -2.31. The molecule has 0 rings (SSSR count). The van der Waals surface area contributed by atoms with Crippen molar-refractivity contribution in [3.63, 3.8) is 0 Å². The van der Waals surface area contributed by atoms with Crippen molar-refractivity contribution in [2.24, 2.45) is 0 Å². The summed E-state index contributed by atoms with van der Waals surface area (Å²) in [5.74, 6) is 0. The quantitative estimate of drug-likeness (QED) is 0.175. The van der Waals surface area contributed by atoms with Crippen LogP contribution in [0.3, 0.4) is 0 Å². The number of unbranched alkanes of at least 4 members (excludes halogenated alkanes) is 19. The number of hydrogen-bond donors (Lipinski definition) is 0. The summed E-state index contributed by atoms with van der Waals surface area (Å²) < 4.78 is 0. The molecular weight excluding hydrogens is 338 g/mol. The van der Waals surface area contributed by atoms with E-state index in [9.17, 15) is 0 Å². The summed E-state index contributed by atoms with van der Waals surface area (Å²) in [7, 11) is 2.26. The van der Waals surface area contributed by atoms with Crippen molar-refractivity contribution in [1.82, 2.24) is 4.90 Å². The highest BCUT2D eigenvalue weighted by molar-refractivity contribution is 4.72. The van der Waals surface area contributed by atoms with Gasteiger partial charge in [-0.05, 0) is 40.8 Å². The SMILES string of the molecule is CCCCCCCCCCCCCCCCCCCCCCN(C)C(C)(C)C. The van der Waals surface area contributed by atoms with Gasteiger partial charge in [-0.25, -0.2) is 0 Å². The predicted octanol–water partition coefficient (Wildman–Crippen LogP) is 9.54. The highest BCUT2D eigenvalue weighted by atomic mass is 15.1. The second-order valence-electron chi connectivity index (χ2n) is 10.3. The molecule has 1 heteroatoms. The van der Waals surface area contributed by atoms with Crippen LogP contribution in [-0.2, 0) is 0 Å². The van der Waals surface area contributed by atoms with Gasteiger partial charge in [0.05, 0.1) is 0 Å². The Morgan fingerprint density at radius 2 is 0.679 bits per heavy atom. The van der Waals surface area contributed by atoms with Gasteiger partial charge in [0.15, 0.2) is 0 Å². The Bertz CT molecular complexity index is 291. The second kappa shape index (κ2) is 20.2. The molecule has 0 aromatic carbocycles. The van der Waals surface area contributed by atoms with Crippen molar-refractivity contribution < 1.29 is 0 Å².